The minimum Gasteiger partial charge on any atom is -0.481 e. The molecule has 1 rings (SSSR count). The molecule has 0 aliphatic carbocycles. The summed E-state index contributed by atoms with van der Waals surface area (Å²) < 4.78 is 0. The smallest absolute Gasteiger partial charge is 0.311 e. The molecule has 0 bridgehead atoms. The van der Waals surface area contributed by atoms with Gasteiger partial charge < -0.3 is 10.2 Å². The van der Waals surface area contributed by atoms with Crippen LogP contribution in [0.15, 0.2) is 16.8 Å². The van der Waals surface area contributed by atoms with E-state index in [1.165, 1.54) is 11.3 Å². The molecule has 0 aromatic carbocycles. The zero-order valence-electron chi connectivity index (χ0n) is 6.64. The van der Waals surface area contributed by atoms with E-state index in [0.29, 0.717) is 5.56 Å². The molecule has 0 aliphatic heterocycles. The summed E-state index contributed by atoms with van der Waals surface area (Å²) in [6, 6.07) is 1.63. The zero-order chi connectivity index (χ0) is 9.84. The van der Waals surface area contributed by atoms with Gasteiger partial charge in [-0.3, -0.25) is 9.59 Å². The van der Waals surface area contributed by atoms with Gasteiger partial charge in [0.1, 0.15) is 0 Å². The first-order chi connectivity index (χ1) is 6.11. The Kier molecular flexibility index (Phi) is 3.02. The number of rotatable bonds is 4. The summed E-state index contributed by atoms with van der Waals surface area (Å²) in [5, 5.41) is 20.6. The Hall–Kier alpha value is -1.36. The summed E-state index contributed by atoms with van der Waals surface area (Å²) in [6.07, 6.45) is -0.369. The van der Waals surface area contributed by atoms with Gasteiger partial charge in [0.05, 0.1) is 12.3 Å². The summed E-state index contributed by atoms with van der Waals surface area (Å²) in [4.78, 5) is 21.0. The molecule has 2 N–H and O–H groups in total. The normalized spacial score (nSPS) is 12.3. The molecule has 0 saturated carbocycles. The van der Waals surface area contributed by atoms with Crippen LogP contribution in [0.25, 0.3) is 0 Å². The second-order valence-corrected chi connectivity index (χ2v) is 3.33. The summed E-state index contributed by atoms with van der Waals surface area (Å²) in [5.74, 6) is -3.12. The van der Waals surface area contributed by atoms with Crippen molar-refractivity contribution in [3.05, 3.63) is 22.4 Å². The van der Waals surface area contributed by atoms with Crippen molar-refractivity contribution in [1.82, 2.24) is 0 Å². The monoisotopic (exact) mass is 200 g/mol. The second-order valence-electron chi connectivity index (χ2n) is 2.55. The lowest BCUT2D eigenvalue weighted by Crippen LogP contribution is -2.15. The third-order valence-corrected chi connectivity index (χ3v) is 2.32. The number of thiophene rings is 1. The lowest BCUT2D eigenvalue weighted by molar-refractivity contribution is -0.145. The predicted molar refractivity (Wildman–Crippen MR) is 46.9 cm³/mol. The van der Waals surface area contributed by atoms with E-state index < -0.39 is 17.9 Å². The number of carboxylic acid groups (broad SMARTS) is 2. The van der Waals surface area contributed by atoms with E-state index in [0.717, 1.165) is 0 Å². The van der Waals surface area contributed by atoms with Gasteiger partial charge >= 0.3 is 11.9 Å². The van der Waals surface area contributed by atoms with E-state index in [1.54, 1.807) is 16.8 Å². The number of hydrogen-bond acceptors (Lipinski definition) is 3. The molecular formula is C8H8O4S. The number of hydrogen-bond donors (Lipinski definition) is 2. The molecule has 0 saturated heterocycles. The van der Waals surface area contributed by atoms with Crippen LogP contribution in [0.5, 0.6) is 0 Å². The van der Waals surface area contributed by atoms with Gasteiger partial charge in [-0.05, 0) is 22.4 Å². The molecule has 1 aromatic heterocycles. The lowest BCUT2D eigenvalue weighted by Gasteiger charge is -2.06. The minimum absolute atomic E-state index is 0.369. The molecule has 1 aromatic rings. The van der Waals surface area contributed by atoms with Crippen LogP contribution in [-0.2, 0) is 9.59 Å². The van der Waals surface area contributed by atoms with Crippen LogP contribution >= 0.6 is 11.3 Å². The first-order valence-electron chi connectivity index (χ1n) is 3.58. The fraction of sp³-hybridized carbons (Fsp3) is 0.250. The van der Waals surface area contributed by atoms with E-state index in [9.17, 15) is 9.59 Å². The van der Waals surface area contributed by atoms with Crippen LogP contribution < -0.4 is 0 Å². The summed E-state index contributed by atoms with van der Waals surface area (Å²) in [5.41, 5.74) is 0.555. The SMILES string of the molecule is O=C(O)CC(C(=O)O)c1ccsc1. The second kappa shape index (κ2) is 4.04. The van der Waals surface area contributed by atoms with Crippen molar-refractivity contribution in [2.24, 2.45) is 0 Å². The molecule has 70 valence electrons. The maximum Gasteiger partial charge on any atom is 0.311 e. The van der Waals surface area contributed by atoms with E-state index >= 15 is 0 Å². The van der Waals surface area contributed by atoms with Gasteiger partial charge in [0.15, 0.2) is 0 Å². The molecule has 0 fully saturated rings. The van der Waals surface area contributed by atoms with Crippen molar-refractivity contribution >= 4 is 23.3 Å². The van der Waals surface area contributed by atoms with Crippen LogP contribution in [0.4, 0.5) is 0 Å². The Balaban J connectivity index is 2.81. The summed E-state index contributed by atoms with van der Waals surface area (Å²) in [6.45, 7) is 0. The predicted octanol–water partition coefficient (Wildman–Crippen LogP) is 1.39. The van der Waals surface area contributed by atoms with Gasteiger partial charge in [0.2, 0.25) is 0 Å². The molecule has 0 radical (unpaired) electrons. The topological polar surface area (TPSA) is 74.6 Å². The molecule has 1 heterocycles. The molecule has 5 heteroatoms. The average molecular weight is 200 g/mol. The first kappa shape index (κ1) is 9.73. The largest absolute Gasteiger partial charge is 0.481 e. The van der Waals surface area contributed by atoms with Crippen molar-refractivity contribution in [3.8, 4) is 0 Å². The zero-order valence-corrected chi connectivity index (χ0v) is 7.45. The molecule has 0 aliphatic rings. The average Bonchev–Trinajstić information content (AvgIpc) is 2.50. The van der Waals surface area contributed by atoms with Crippen molar-refractivity contribution < 1.29 is 19.8 Å². The first-order valence-corrected chi connectivity index (χ1v) is 4.52. The Bertz CT molecular complexity index is 304. The minimum atomic E-state index is -1.10. The highest BCUT2D eigenvalue weighted by atomic mass is 32.1. The maximum absolute atomic E-state index is 10.7. The van der Waals surface area contributed by atoms with E-state index in [1.807, 2.05) is 0 Å². The van der Waals surface area contributed by atoms with Crippen molar-refractivity contribution in [3.63, 3.8) is 0 Å². The highest BCUT2D eigenvalue weighted by Crippen LogP contribution is 2.22. The summed E-state index contributed by atoms with van der Waals surface area (Å²) >= 11 is 1.36. The van der Waals surface area contributed by atoms with Crippen LogP contribution in [0.1, 0.15) is 17.9 Å². The molecule has 0 spiro atoms. The Morgan fingerprint density at radius 3 is 2.54 bits per heavy atom. The van der Waals surface area contributed by atoms with Crippen molar-refractivity contribution in [1.29, 1.82) is 0 Å². The number of aliphatic carboxylic acids is 2. The van der Waals surface area contributed by atoms with E-state index in [4.69, 9.17) is 10.2 Å². The standard InChI is InChI=1S/C8H8O4S/c9-7(10)3-6(8(11)12)5-1-2-13-4-5/h1-2,4,6H,3H2,(H,9,10)(H,11,12). The van der Waals surface area contributed by atoms with Crippen LogP contribution in [0, 0.1) is 0 Å². The van der Waals surface area contributed by atoms with Gasteiger partial charge in [-0.25, -0.2) is 0 Å². The molecular weight excluding hydrogens is 192 g/mol. The highest BCUT2D eigenvalue weighted by Gasteiger charge is 2.22. The van der Waals surface area contributed by atoms with Gasteiger partial charge in [0.25, 0.3) is 0 Å². The van der Waals surface area contributed by atoms with E-state index in [2.05, 4.69) is 0 Å². The van der Waals surface area contributed by atoms with Crippen molar-refractivity contribution in [2.45, 2.75) is 12.3 Å². The fourth-order valence-electron chi connectivity index (χ4n) is 0.996. The van der Waals surface area contributed by atoms with E-state index in [-0.39, 0.29) is 6.42 Å². The van der Waals surface area contributed by atoms with Crippen LogP contribution in [-0.4, -0.2) is 22.2 Å². The van der Waals surface area contributed by atoms with Gasteiger partial charge in [-0.1, -0.05) is 0 Å². The number of carbonyl (C=O) groups is 2. The van der Waals surface area contributed by atoms with Gasteiger partial charge in [-0.15, -0.1) is 0 Å². The number of carboxylic acids is 2. The van der Waals surface area contributed by atoms with Crippen LogP contribution in [0.3, 0.4) is 0 Å². The van der Waals surface area contributed by atoms with Gasteiger partial charge in [-0.2, -0.15) is 11.3 Å². The third-order valence-electron chi connectivity index (χ3n) is 1.62. The fourth-order valence-corrected chi connectivity index (χ4v) is 1.71. The van der Waals surface area contributed by atoms with Crippen LogP contribution in [0.2, 0.25) is 0 Å². The van der Waals surface area contributed by atoms with Gasteiger partial charge in [0, 0.05) is 0 Å². The Morgan fingerprint density at radius 1 is 1.46 bits per heavy atom. The lowest BCUT2D eigenvalue weighted by atomic mass is 9.99. The molecule has 4 nitrogen and oxygen atoms in total. The maximum atomic E-state index is 10.7. The molecule has 1 unspecified atom stereocenters. The summed E-state index contributed by atoms with van der Waals surface area (Å²) in [7, 11) is 0. The Labute approximate surface area is 78.4 Å². The molecule has 0 amide bonds. The third kappa shape index (κ3) is 2.55. The van der Waals surface area contributed by atoms with Crippen molar-refractivity contribution in [2.75, 3.05) is 0 Å². The molecule has 13 heavy (non-hydrogen) atoms. The highest BCUT2D eigenvalue weighted by molar-refractivity contribution is 7.08. The quantitative estimate of drug-likeness (QED) is 0.770. The molecule has 1 atom stereocenters. The Morgan fingerprint density at radius 2 is 2.15 bits per heavy atom.